The number of hydrogen-bond donors (Lipinski definition) is 1. The molecule has 0 amide bonds. The zero-order valence-corrected chi connectivity index (χ0v) is 10.6. The van der Waals surface area contributed by atoms with E-state index in [-0.39, 0.29) is 5.76 Å². The van der Waals surface area contributed by atoms with Crippen molar-refractivity contribution in [3.63, 3.8) is 0 Å². The quantitative estimate of drug-likeness (QED) is 0.890. The zero-order valence-electron chi connectivity index (χ0n) is 10.6. The van der Waals surface area contributed by atoms with Crippen molar-refractivity contribution in [1.82, 2.24) is 0 Å². The molecule has 2 aromatic rings. The van der Waals surface area contributed by atoms with Gasteiger partial charge in [0.2, 0.25) is 5.76 Å². The first-order chi connectivity index (χ1) is 8.65. The third kappa shape index (κ3) is 2.30. The van der Waals surface area contributed by atoms with Gasteiger partial charge in [0.15, 0.2) is 0 Å². The summed E-state index contributed by atoms with van der Waals surface area (Å²) in [6.07, 6.45) is 1.84. The van der Waals surface area contributed by atoms with Gasteiger partial charge in [0.05, 0.1) is 0 Å². The number of benzene rings is 1. The standard InChI is InChI=1S/C15H16O3/c1-3-10-5-6-11(4-2)12(9-10)13-7-8-14(18-13)15(16)17/h5-9H,3-4H2,1-2H3,(H,16,17). The smallest absolute Gasteiger partial charge is 0.371 e. The van der Waals surface area contributed by atoms with Crippen LogP contribution in [0.15, 0.2) is 34.7 Å². The van der Waals surface area contributed by atoms with Gasteiger partial charge >= 0.3 is 5.97 Å². The lowest BCUT2D eigenvalue weighted by atomic mass is 9.99. The first kappa shape index (κ1) is 12.4. The minimum atomic E-state index is -1.04. The summed E-state index contributed by atoms with van der Waals surface area (Å²) in [4.78, 5) is 10.8. The van der Waals surface area contributed by atoms with Gasteiger partial charge in [0.25, 0.3) is 0 Å². The Morgan fingerprint density at radius 2 is 1.94 bits per heavy atom. The van der Waals surface area contributed by atoms with Crippen LogP contribution in [0.5, 0.6) is 0 Å². The molecular weight excluding hydrogens is 228 g/mol. The molecule has 3 nitrogen and oxygen atoms in total. The van der Waals surface area contributed by atoms with Gasteiger partial charge in [-0.2, -0.15) is 0 Å². The summed E-state index contributed by atoms with van der Waals surface area (Å²) < 4.78 is 5.37. The number of carbonyl (C=O) groups is 1. The summed E-state index contributed by atoms with van der Waals surface area (Å²) in [6, 6.07) is 9.47. The summed E-state index contributed by atoms with van der Waals surface area (Å²) in [5.41, 5.74) is 3.37. The molecule has 18 heavy (non-hydrogen) atoms. The zero-order chi connectivity index (χ0) is 13.1. The van der Waals surface area contributed by atoms with Crippen LogP contribution < -0.4 is 0 Å². The van der Waals surface area contributed by atoms with Crippen LogP contribution in [-0.4, -0.2) is 11.1 Å². The Morgan fingerprint density at radius 1 is 1.17 bits per heavy atom. The number of hydrogen-bond acceptors (Lipinski definition) is 2. The molecule has 0 bridgehead atoms. The van der Waals surface area contributed by atoms with Crippen LogP contribution in [0.25, 0.3) is 11.3 Å². The van der Waals surface area contributed by atoms with Crippen molar-refractivity contribution in [3.8, 4) is 11.3 Å². The largest absolute Gasteiger partial charge is 0.475 e. The van der Waals surface area contributed by atoms with Gasteiger partial charge in [0, 0.05) is 5.56 Å². The summed E-state index contributed by atoms with van der Waals surface area (Å²) in [5.74, 6) is -0.431. The Labute approximate surface area is 106 Å². The van der Waals surface area contributed by atoms with Gasteiger partial charge in [-0.25, -0.2) is 4.79 Å². The van der Waals surface area contributed by atoms with Crippen LogP contribution in [-0.2, 0) is 12.8 Å². The minimum absolute atomic E-state index is 0.0195. The summed E-state index contributed by atoms with van der Waals surface area (Å²) in [7, 11) is 0. The number of aromatic carboxylic acids is 1. The Morgan fingerprint density at radius 3 is 2.50 bits per heavy atom. The number of rotatable bonds is 4. The number of furan rings is 1. The molecule has 0 unspecified atom stereocenters. The second-order valence-electron chi connectivity index (χ2n) is 4.17. The van der Waals surface area contributed by atoms with Crippen LogP contribution in [0.1, 0.15) is 35.5 Å². The van der Waals surface area contributed by atoms with Crippen molar-refractivity contribution in [3.05, 3.63) is 47.2 Å². The molecule has 0 fully saturated rings. The fraction of sp³-hybridized carbons (Fsp3) is 0.267. The van der Waals surface area contributed by atoms with Crippen LogP contribution >= 0.6 is 0 Å². The van der Waals surface area contributed by atoms with Gasteiger partial charge in [-0.3, -0.25) is 0 Å². The molecule has 0 radical (unpaired) electrons. The molecule has 1 aromatic heterocycles. The maximum Gasteiger partial charge on any atom is 0.371 e. The molecule has 94 valence electrons. The number of carboxylic acid groups (broad SMARTS) is 1. The molecular formula is C15H16O3. The summed E-state index contributed by atoms with van der Waals surface area (Å²) in [5, 5.41) is 8.88. The van der Waals surface area contributed by atoms with E-state index in [9.17, 15) is 4.79 Å². The average Bonchev–Trinajstić information content (AvgIpc) is 2.87. The number of carboxylic acids is 1. The topological polar surface area (TPSA) is 50.4 Å². The van der Waals surface area contributed by atoms with E-state index in [0.717, 1.165) is 18.4 Å². The third-order valence-corrected chi connectivity index (χ3v) is 3.05. The van der Waals surface area contributed by atoms with E-state index in [1.165, 1.54) is 17.2 Å². The predicted molar refractivity (Wildman–Crippen MR) is 69.9 cm³/mol. The summed E-state index contributed by atoms with van der Waals surface area (Å²) in [6.45, 7) is 4.17. The van der Waals surface area contributed by atoms with E-state index in [2.05, 4.69) is 32.0 Å². The van der Waals surface area contributed by atoms with Crippen molar-refractivity contribution in [2.75, 3.05) is 0 Å². The highest BCUT2D eigenvalue weighted by atomic mass is 16.4. The fourth-order valence-electron chi connectivity index (χ4n) is 1.98. The lowest BCUT2D eigenvalue weighted by Gasteiger charge is -2.07. The van der Waals surface area contributed by atoms with Crippen LogP contribution in [0.4, 0.5) is 0 Å². The van der Waals surface area contributed by atoms with Crippen molar-refractivity contribution in [2.45, 2.75) is 26.7 Å². The maximum absolute atomic E-state index is 10.8. The first-order valence-electron chi connectivity index (χ1n) is 6.11. The molecule has 0 spiro atoms. The number of aryl methyl sites for hydroxylation is 2. The molecule has 3 heteroatoms. The first-order valence-corrected chi connectivity index (χ1v) is 6.11. The fourth-order valence-corrected chi connectivity index (χ4v) is 1.98. The highest BCUT2D eigenvalue weighted by Gasteiger charge is 2.13. The molecule has 0 aliphatic carbocycles. The third-order valence-electron chi connectivity index (χ3n) is 3.05. The van der Waals surface area contributed by atoms with Crippen molar-refractivity contribution >= 4 is 5.97 Å². The van der Waals surface area contributed by atoms with Gasteiger partial charge < -0.3 is 9.52 Å². The SMILES string of the molecule is CCc1ccc(CC)c(-c2ccc(C(=O)O)o2)c1. The van der Waals surface area contributed by atoms with Crippen LogP contribution in [0.2, 0.25) is 0 Å². The van der Waals surface area contributed by atoms with E-state index in [0.29, 0.717) is 5.76 Å². The lowest BCUT2D eigenvalue weighted by Crippen LogP contribution is -1.92. The lowest BCUT2D eigenvalue weighted by molar-refractivity contribution is 0.0663. The molecule has 1 heterocycles. The van der Waals surface area contributed by atoms with Crippen LogP contribution in [0, 0.1) is 0 Å². The Hall–Kier alpha value is -2.03. The predicted octanol–water partition coefficient (Wildman–Crippen LogP) is 3.77. The molecule has 0 aliphatic heterocycles. The van der Waals surface area contributed by atoms with Gasteiger partial charge in [0.1, 0.15) is 5.76 Å². The highest BCUT2D eigenvalue weighted by molar-refractivity contribution is 5.85. The molecule has 0 saturated heterocycles. The van der Waals surface area contributed by atoms with Crippen molar-refractivity contribution in [2.24, 2.45) is 0 Å². The monoisotopic (exact) mass is 244 g/mol. The molecule has 0 saturated carbocycles. The van der Waals surface area contributed by atoms with Gasteiger partial charge in [-0.05, 0) is 42.2 Å². The van der Waals surface area contributed by atoms with Gasteiger partial charge in [-0.1, -0.05) is 26.0 Å². The minimum Gasteiger partial charge on any atom is -0.475 e. The second-order valence-corrected chi connectivity index (χ2v) is 4.17. The van der Waals surface area contributed by atoms with Crippen LogP contribution in [0.3, 0.4) is 0 Å². The molecule has 2 rings (SSSR count). The van der Waals surface area contributed by atoms with Crippen molar-refractivity contribution in [1.29, 1.82) is 0 Å². The highest BCUT2D eigenvalue weighted by Crippen LogP contribution is 2.27. The van der Waals surface area contributed by atoms with E-state index in [4.69, 9.17) is 9.52 Å². The van der Waals surface area contributed by atoms with Crippen molar-refractivity contribution < 1.29 is 14.3 Å². The van der Waals surface area contributed by atoms with Gasteiger partial charge in [-0.15, -0.1) is 0 Å². The normalized spacial score (nSPS) is 10.6. The van der Waals surface area contributed by atoms with E-state index in [1.807, 2.05) is 0 Å². The molecule has 0 aliphatic rings. The average molecular weight is 244 g/mol. The van der Waals surface area contributed by atoms with E-state index in [1.54, 1.807) is 6.07 Å². The molecule has 0 atom stereocenters. The van der Waals surface area contributed by atoms with E-state index < -0.39 is 5.97 Å². The van der Waals surface area contributed by atoms with E-state index >= 15 is 0 Å². The Kier molecular flexibility index (Phi) is 3.51. The maximum atomic E-state index is 10.8. The molecule has 1 N–H and O–H groups in total. The second kappa shape index (κ2) is 5.08. The Balaban J connectivity index is 2.50. The Bertz CT molecular complexity index is 567. The molecule has 1 aromatic carbocycles. The summed E-state index contributed by atoms with van der Waals surface area (Å²) >= 11 is 0.